The minimum absolute atomic E-state index is 0.111. The van der Waals surface area contributed by atoms with Gasteiger partial charge in [0.1, 0.15) is 0 Å². The van der Waals surface area contributed by atoms with Gasteiger partial charge in [-0.1, -0.05) is 23.8 Å². The number of nitrogens with one attached hydrogen (secondary N) is 1. The van der Waals surface area contributed by atoms with Gasteiger partial charge in [0.05, 0.1) is 24.5 Å². The maximum absolute atomic E-state index is 13.4. The van der Waals surface area contributed by atoms with Crippen LogP contribution in [0.25, 0.3) is 0 Å². The molecule has 1 aliphatic carbocycles. The summed E-state index contributed by atoms with van der Waals surface area (Å²) in [6.45, 7) is 5.26. The van der Waals surface area contributed by atoms with Crippen LogP contribution in [0.15, 0.2) is 30.4 Å². The van der Waals surface area contributed by atoms with Gasteiger partial charge >= 0.3 is 6.18 Å². The van der Waals surface area contributed by atoms with Gasteiger partial charge in [-0.25, -0.2) is 0 Å². The van der Waals surface area contributed by atoms with Crippen LogP contribution in [0.2, 0.25) is 5.02 Å². The monoisotopic (exact) mass is 461 g/mol. The SMILES string of the molecule is FC(F)(F)c1ccc(Cl)cc1NC(=S)N(CCN1CCOCC1)CC1CC=CCC1. The van der Waals surface area contributed by atoms with Gasteiger partial charge in [0, 0.05) is 37.7 Å². The van der Waals surface area contributed by atoms with Crippen LogP contribution in [0, 0.1) is 5.92 Å². The van der Waals surface area contributed by atoms with Crippen LogP contribution in [0.5, 0.6) is 0 Å². The molecule has 1 aromatic rings. The molecule has 0 radical (unpaired) electrons. The molecule has 0 amide bonds. The topological polar surface area (TPSA) is 27.7 Å². The summed E-state index contributed by atoms with van der Waals surface area (Å²) in [6.07, 6.45) is 2.89. The molecule has 1 N–H and O–H groups in total. The zero-order chi connectivity index (χ0) is 21.6. The molecule has 3 rings (SSSR count). The Hall–Kier alpha value is -1.35. The van der Waals surface area contributed by atoms with Gasteiger partial charge in [0.2, 0.25) is 0 Å². The molecule has 4 nitrogen and oxygen atoms in total. The molecule has 1 aromatic carbocycles. The molecule has 1 fully saturated rings. The molecule has 9 heteroatoms. The van der Waals surface area contributed by atoms with E-state index in [-0.39, 0.29) is 10.7 Å². The minimum atomic E-state index is -4.49. The predicted octanol–water partition coefficient (Wildman–Crippen LogP) is 5.05. The molecule has 1 unspecified atom stereocenters. The van der Waals surface area contributed by atoms with Crippen molar-refractivity contribution in [3.05, 3.63) is 40.9 Å². The molecule has 1 aliphatic heterocycles. The lowest BCUT2D eigenvalue weighted by Gasteiger charge is -2.34. The Balaban J connectivity index is 1.72. The van der Waals surface area contributed by atoms with Crippen molar-refractivity contribution in [3.8, 4) is 0 Å². The largest absolute Gasteiger partial charge is 0.418 e. The van der Waals surface area contributed by atoms with Crippen LogP contribution >= 0.6 is 23.8 Å². The lowest BCUT2D eigenvalue weighted by atomic mass is 9.94. The van der Waals surface area contributed by atoms with Crippen molar-refractivity contribution in [1.82, 2.24) is 9.80 Å². The first-order valence-corrected chi connectivity index (χ1v) is 11.0. The van der Waals surface area contributed by atoms with Gasteiger partial charge in [-0.3, -0.25) is 4.90 Å². The van der Waals surface area contributed by atoms with Gasteiger partial charge < -0.3 is 15.0 Å². The number of rotatable bonds is 6. The fourth-order valence-electron chi connectivity index (χ4n) is 3.76. The Morgan fingerprint density at radius 3 is 2.70 bits per heavy atom. The second-order valence-corrected chi connectivity index (χ2v) is 8.49. The summed E-state index contributed by atoms with van der Waals surface area (Å²) in [4.78, 5) is 4.29. The van der Waals surface area contributed by atoms with Gasteiger partial charge in [-0.05, 0) is 55.6 Å². The first-order valence-electron chi connectivity index (χ1n) is 10.2. The molecule has 1 heterocycles. The third-order valence-corrected chi connectivity index (χ3v) is 6.06. The summed E-state index contributed by atoms with van der Waals surface area (Å²) in [5.74, 6) is 0.431. The van der Waals surface area contributed by atoms with E-state index in [2.05, 4.69) is 22.4 Å². The van der Waals surface area contributed by atoms with Crippen molar-refractivity contribution in [2.24, 2.45) is 5.92 Å². The third kappa shape index (κ3) is 6.83. The number of benzene rings is 1. The van der Waals surface area contributed by atoms with Crippen molar-refractivity contribution >= 4 is 34.6 Å². The molecule has 0 spiro atoms. The number of anilines is 1. The molecule has 166 valence electrons. The summed E-state index contributed by atoms with van der Waals surface area (Å²) < 4.78 is 45.7. The third-order valence-electron chi connectivity index (χ3n) is 5.46. The molecule has 30 heavy (non-hydrogen) atoms. The summed E-state index contributed by atoms with van der Waals surface area (Å²) in [6, 6.07) is 3.50. The van der Waals surface area contributed by atoms with Gasteiger partial charge in [-0.2, -0.15) is 13.2 Å². The highest BCUT2D eigenvalue weighted by Crippen LogP contribution is 2.36. The summed E-state index contributed by atoms with van der Waals surface area (Å²) in [7, 11) is 0. The summed E-state index contributed by atoms with van der Waals surface area (Å²) >= 11 is 11.5. The van der Waals surface area contributed by atoms with E-state index in [0.29, 0.717) is 37.3 Å². The Labute approximate surface area is 186 Å². The van der Waals surface area contributed by atoms with Crippen molar-refractivity contribution in [1.29, 1.82) is 0 Å². The molecule has 2 aliphatic rings. The fourth-order valence-corrected chi connectivity index (χ4v) is 4.21. The Morgan fingerprint density at radius 1 is 1.27 bits per heavy atom. The van der Waals surface area contributed by atoms with Gasteiger partial charge in [-0.15, -0.1) is 0 Å². The second-order valence-electron chi connectivity index (χ2n) is 7.67. The average molecular weight is 462 g/mol. The predicted molar refractivity (Wildman–Crippen MR) is 118 cm³/mol. The van der Waals surface area contributed by atoms with E-state index in [0.717, 1.165) is 45.0 Å². The van der Waals surface area contributed by atoms with E-state index < -0.39 is 11.7 Å². The van der Waals surface area contributed by atoms with Crippen LogP contribution in [-0.4, -0.2) is 60.8 Å². The summed E-state index contributed by atoms with van der Waals surface area (Å²) in [5, 5.41) is 3.35. The van der Waals surface area contributed by atoms with E-state index in [1.165, 1.54) is 12.1 Å². The van der Waals surface area contributed by atoms with Gasteiger partial charge in [0.25, 0.3) is 0 Å². The zero-order valence-corrected chi connectivity index (χ0v) is 18.3. The number of thiocarbonyl (C=S) groups is 1. The van der Waals surface area contributed by atoms with Crippen LogP contribution in [0.4, 0.5) is 18.9 Å². The van der Waals surface area contributed by atoms with Crippen molar-refractivity contribution < 1.29 is 17.9 Å². The Morgan fingerprint density at radius 2 is 2.03 bits per heavy atom. The van der Waals surface area contributed by atoms with Gasteiger partial charge in [0.15, 0.2) is 5.11 Å². The van der Waals surface area contributed by atoms with E-state index in [9.17, 15) is 13.2 Å². The molecular weight excluding hydrogens is 435 g/mol. The first-order chi connectivity index (χ1) is 14.3. The Bertz CT molecular complexity index is 754. The van der Waals surface area contributed by atoms with Crippen molar-refractivity contribution in [2.75, 3.05) is 51.3 Å². The smallest absolute Gasteiger partial charge is 0.379 e. The minimum Gasteiger partial charge on any atom is -0.379 e. The lowest BCUT2D eigenvalue weighted by molar-refractivity contribution is -0.136. The maximum Gasteiger partial charge on any atom is 0.418 e. The van der Waals surface area contributed by atoms with E-state index in [1.807, 2.05) is 4.90 Å². The van der Waals surface area contributed by atoms with Crippen LogP contribution in [-0.2, 0) is 10.9 Å². The van der Waals surface area contributed by atoms with E-state index >= 15 is 0 Å². The number of halogens is 4. The normalized spacial score (nSPS) is 20.2. The Kier molecular flexibility index (Phi) is 8.39. The number of hydrogen-bond acceptors (Lipinski definition) is 3. The molecule has 0 bridgehead atoms. The molecule has 0 aromatic heterocycles. The first kappa shape index (κ1) is 23.3. The average Bonchev–Trinajstić information content (AvgIpc) is 2.71. The quantitative estimate of drug-likeness (QED) is 0.473. The molecule has 1 atom stereocenters. The van der Waals surface area contributed by atoms with E-state index in [1.54, 1.807) is 0 Å². The number of nitrogens with zero attached hydrogens (tertiary/aromatic N) is 2. The standard InChI is InChI=1S/C21H27ClF3N3OS/c22-17-6-7-18(21(23,24)25)19(14-17)26-20(30)28(15-16-4-2-1-3-5-16)9-8-27-10-12-29-13-11-27/h1-2,6-7,14,16H,3-5,8-13,15H2,(H,26,30). The number of morpholine rings is 1. The van der Waals surface area contributed by atoms with E-state index in [4.69, 9.17) is 28.6 Å². The molecule has 0 saturated carbocycles. The molecule has 1 saturated heterocycles. The second kappa shape index (κ2) is 10.8. The fraction of sp³-hybridized carbons (Fsp3) is 0.571. The lowest BCUT2D eigenvalue weighted by Crippen LogP contribution is -2.45. The number of allylic oxidation sites excluding steroid dienone is 2. The highest BCUT2D eigenvalue weighted by atomic mass is 35.5. The summed E-state index contributed by atoms with van der Waals surface area (Å²) in [5.41, 5.74) is -0.886. The van der Waals surface area contributed by atoms with Crippen molar-refractivity contribution in [2.45, 2.75) is 25.4 Å². The molecular formula is C21H27ClF3N3OS. The zero-order valence-electron chi connectivity index (χ0n) is 16.8. The van der Waals surface area contributed by atoms with Crippen LogP contribution in [0.1, 0.15) is 24.8 Å². The number of ether oxygens (including phenoxy) is 1. The number of alkyl halides is 3. The highest BCUT2D eigenvalue weighted by molar-refractivity contribution is 7.80. The number of hydrogen-bond donors (Lipinski definition) is 1. The highest BCUT2D eigenvalue weighted by Gasteiger charge is 2.34. The van der Waals surface area contributed by atoms with Crippen LogP contribution in [0.3, 0.4) is 0 Å². The van der Waals surface area contributed by atoms with Crippen LogP contribution < -0.4 is 5.32 Å². The maximum atomic E-state index is 13.4. The van der Waals surface area contributed by atoms with Crippen molar-refractivity contribution in [3.63, 3.8) is 0 Å².